The van der Waals surface area contributed by atoms with Gasteiger partial charge >= 0.3 is 0 Å². The summed E-state index contributed by atoms with van der Waals surface area (Å²) in [6, 6.07) is 6.18. The lowest BCUT2D eigenvalue weighted by atomic mass is 9.76. The molecule has 5 rings (SSSR count). The molecule has 4 aliphatic heterocycles. The van der Waals surface area contributed by atoms with Crippen LogP contribution >= 0.6 is 0 Å². The van der Waals surface area contributed by atoms with Gasteiger partial charge in [0.25, 0.3) is 5.91 Å². The number of carbonyl (C=O) groups is 2. The number of carbonyl (C=O) groups excluding carboxylic acids is 2. The third-order valence-electron chi connectivity index (χ3n) is 6.40. The molecule has 2 bridgehead atoms. The first-order chi connectivity index (χ1) is 12.2. The number of amides is 2. The van der Waals surface area contributed by atoms with E-state index in [2.05, 4.69) is 4.90 Å². The molecule has 0 saturated carbocycles. The van der Waals surface area contributed by atoms with Crippen molar-refractivity contribution < 1.29 is 14.3 Å². The molecule has 2 amide bonds. The van der Waals surface area contributed by atoms with Crippen LogP contribution in [0.2, 0.25) is 0 Å². The molecule has 1 aromatic rings. The lowest BCUT2D eigenvalue weighted by Gasteiger charge is -2.52. The number of ether oxygens (including phenoxy) is 1. The molecular formula is C20H24N2O3. The van der Waals surface area contributed by atoms with Crippen LogP contribution in [0, 0.1) is 11.8 Å². The second-order valence-electron chi connectivity index (χ2n) is 8.00. The van der Waals surface area contributed by atoms with Crippen molar-refractivity contribution in [2.45, 2.75) is 38.1 Å². The van der Waals surface area contributed by atoms with Crippen LogP contribution < -0.4 is 4.74 Å². The van der Waals surface area contributed by atoms with Gasteiger partial charge in [0, 0.05) is 44.1 Å². The Balaban J connectivity index is 1.36. The van der Waals surface area contributed by atoms with Crippen molar-refractivity contribution >= 4 is 11.8 Å². The van der Waals surface area contributed by atoms with E-state index in [0.29, 0.717) is 36.8 Å². The van der Waals surface area contributed by atoms with Crippen LogP contribution in [0.4, 0.5) is 0 Å². The molecule has 0 unspecified atom stereocenters. The summed E-state index contributed by atoms with van der Waals surface area (Å²) in [5, 5.41) is 0. The molecule has 3 saturated heterocycles. The third-order valence-corrected chi connectivity index (χ3v) is 6.40. The van der Waals surface area contributed by atoms with Gasteiger partial charge in [0.1, 0.15) is 5.75 Å². The standard InChI is InChI=1S/C20H24N2O3/c23-19-3-1-2-17-16-8-13(11-22(17)19)10-21(12-16)20(24)15-4-5-18-14(9-15)6-7-25-18/h4-5,9,13,16-17H,1-3,6-8,10-12H2/t13-,16-,17+/m1/s1. The van der Waals surface area contributed by atoms with Gasteiger partial charge in [-0.2, -0.15) is 0 Å². The van der Waals surface area contributed by atoms with E-state index in [4.69, 9.17) is 4.74 Å². The molecule has 4 aliphatic rings. The van der Waals surface area contributed by atoms with Gasteiger partial charge in [-0.3, -0.25) is 9.59 Å². The van der Waals surface area contributed by atoms with Gasteiger partial charge in [0.15, 0.2) is 0 Å². The van der Waals surface area contributed by atoms with E-state index >= 15 is 0 Å². The molecular weight excluding hydrogens is 316 g/mol. The van der Waals surface area contributed by atoms with E-state index in [9.17, 15) is 9.59 Å². The Labute approximate surface area is 147 Å². The molecule has 3 atom stereocenters. The molecule has 25 heavy (non-hydrogen) atoms. The average Bonchev–Trinajstić information content (AvgIpc) is 3.09. The second-order valence-corrected chi connectivity index (χ2v) is 8.00. The summed E-state index contributed by atoms with van der Waals surface area (Å²) in [4.78, 5) is 29.5. The molecule has 5 heteroatoms. The lowest BCUT2D eigenvalue weighted by Crippen LogP contribution is -2.61. The van der Waals surface area contributed by atoms with Crippen molar-refractivity contribution in [2.24, 2.45) is 11.8 Å². The molecule has 0 aromatic heterocycles. The third kappa shape index (κ3) is 2.52. The van der Waals surface area contributed by atoms with Gasteiger partial charge in [-0.25, -0.2) is 0 Å². The normalized spacial score (nSPS) is 30.6. The first kappa shape index (κ1) is 15.2. The summed E-state index contributed by atoms with van der Waals surface area (Å²) in [5.41, 5.74) is 1.92. The number of hydrogen-bond donors (Lipinski definition) is 0. The van der Waals surface area contributed by atoms with Gasteiger partial charge in [-0.05, 0) is 54.9 Å². The van der Waals surface area contributed by atoms with Crippen LogP contribution in [0.25, 0.3) is 0 Å². The fourth-order valence-corrected chi connectivity index (χ4v) is 5.28. The Morgan fingerprint density at radius 2 is 2.08 bits per heavy atom. The van der Waals surface area contributed by atoms with Gasteiger partial charge in [0.05, 0.1) is 6.61 Å². The Kier molecular flexibility index (Phi) is 3.50. The summed E-state index contributed by atoms with van der Waals surface area (Å²) < 4.78 is 5.55. The van der Waals surface area contributed by atoms with E-state index in [-0.39, 0.29) is 5.91 Å². The first-order valence-electron chi connectivity index (χ1n) is 9.53. The number of piperidine rings is 3. The Hall–Kier alpha value is -2.04. The van der Waals surface area contributed by atoms with Crippen molar-refractivity contribution in [2.75, 3.05) is 26.2 Å². The minimum atomic E-state index is 0.139. The number of likely N-dealkylation sites (tertiary alicyclic amines) is 1. The number of benzene rings is 1. The molecule has 4 heterocycles. The van der Waals surface area contributed by atoms with Crippen molar-refractivity contribution in [1.82, 2.24) is 9.80 Å². The molecule has 0 spiro atoms. The zero-order valence-electron chi connectivity index (χ0n) is 14.4. The van der Waals surface area contributed by atoms with Crippen LogP contribution in [-0.2, 0) is 11.2 Å². The van der Waals surface area contributed by atoms with E-state index < -0.39 is 0 Å². The van der Waals surface area contributed by atoms with Gasteiger partial charge in [-0.1, -0.05) is 0 Å². The Bertz CT molecular complexity index is 732. The van der Waals surface area contributed by atoms with Gasteiger partial charge < -0.3 is 14.5 Å². The van der Waals surface area contributed by atoms with Crippen molar-refractivity contribution in [3.63, 3.8) is 0 Å². The van der Waals surface area contributed by atoms with E-state index in [1.807, 2.05) is 23.1 Å². The Morgan fingerprint density at radius 1 is 1.16 bits per heavy atom. The zero-order valence-corrected chi connectivity index (χ0v) is 14.4. The monoisotopic (exact) mass is 340 g/mol. The predicted molar refractivity (Wildman–Crippen MR) is 92.5 cm³/mol. The van der Waals surface area contributed by atoms with Crippen LogP contribution in [-0.4, -0.2) is 53.9 Å². The summed E-state index contributed by atoms with van der Waals surface area (Å²) in [7, 11) is 0. The smallest absolute Gasteiger partial charge is 0.253 e. The van der Waals surface area contributed by atoms with Crippen molar-refractivity contribution in [3.05, 3.63) is 29.3 Å². The molecule has 132 valence electrons. The quantitative estimate of drug-likeness (QED) is 0.787. The van der Waals surface area contributed by atoms with E-state index in [1.165, 1.54) is 0 Å². The SMILES string of the molecule is O=C(c1ccc2c(c1)CCO2)N1C[C@H]2C[C@H](C1)[C@@H]1CCCC(=O)N1C2. The van der Waals surface area contributed by atoms with Crippen LogP contribution in [0.5, 0.6) is 5.75 Å². The minimum absolute atomic E-state index is 0.139. The molecule has 0 radical (unpaired) electrons. The molecule has 0 N–H and O–H groups in total. The maximum Gasteiger partial charge on any atom is 0.253 e. The molecule has 3 fully saturated rings. The highest BCUT2D eigenvalue weighted by molar-refractivity contribution is 5.94. The van der Waals surface area contributed by atoms with Crippen LogP contribution in [0.3, 0.4) is 0 Å². The largest absolute Gasteiger partial charge is 0.493 e. The Morgan fingerprint density at radius 3 is 3.00 bits per heavy atom. The lowest BCUT2D eigenvalue weighted by molar-refractivity contribution is -0.144. The van der Waals surface area contributed by atoms with Crippen molar-refractivity contribution in [3.8, 4) is 5.75 Å². The summed E-state index contributed by atoms with van der Waals surface area (Å²) in [6.45, 7) is 3.12. The zero-order chi connectivity index (χ0) is 17.0. The molecule has 1 aromatic carbocycles. The first-order valence-corrected chi connectivity index (χ1v) is 9.53. The van der Waals surface area contributed by atoms with E-state index in [0.717, 1.165) is 62.2 Å². The molecule has 0 aliphatic carbocycles. The van der Waals surface area contributed by atoms with Crippen molar-refractivity contribution in [1.29, 1.82) is 0 Å². The topological polar surface area (TPSA) is 49.9 Å². The fraction of sp³-hybridized carbons (Fsp3) is 0.600. The number of fused-ring (bicyclic) bond motifs is 5. The van der Waals surface area contributed by atoms with Crippen LogP contribution in [0.1, 0.15) is 41.6 Å². The predicted octanol–water partition coefficient (Wildman–Crippen LogP) is 2.09. The number of hydrogen-bond acceptors (Lipinski definition) is 3. The molecule has 5 nitrogen and oxygen atoms in total. The number of rotatable bonds is 1. The minimum Gasteiger partial charge on any atom is -0.493 e. The summed E-state index contributed by atoms with van der Waals surface area (Å²) in [6.07, 6.45) is 4.86. The van der Waals surface area contributed by atoms with Gasteiger partial charge in [-0.15, -0.1) is 0 Å². The fourth-order valence-electron chi connectivity index (χ4n) is 5.28. The maximum atomic E-state index is 13.1. The highest BCUT2D eigenvalue weighted by Crippen LogP contribution is 2.38. The summed E-state index contributed by atoms with van der Waals surface area (Å²) >= 11 is 0. The highest BCUT2D eigenvalue weighted by atomic mass is 16.5. The average molecular weight is 340 g/mol. The van der Waals surface area contributed by atoms with E-state index in [1.54, 1.807) is 0 Å². The van der Waals surface area contributed by atoms with Crippen LogP contribution in [0.15, 0.2) is 18.2 Å². The summed E-state index contributed by atoms with van der Waals surface area (Å²) in [5.74, 6) is 2.25. The highest BCUT2D eigenvalue weighted by Gasteiger charge is 2.44. The second kappa shape index (κ2) is 5.75. The maximum absolute atomic E-state index is 13.1. The van der Waals surface area contributed by atoms with Gasteiger partial charge in [0.2, 0.25) is 5.91 Å². The number of nitrogens with zero attached hydrogens (tertiary/aromatic N) is 2.